The third kappa shape index (κ3) is 4.68. The van der Waals surface area contributed by atoms with E-state index in [2.05, 4.69) is 13.0 Å². The van der Waals surface area contributed by atoms with Crippen LogP contribution in [0.3, 0.4) is 0 Å². The Labute approximate surface area is 91.4 Å². The zero-order valence-electron chi connectivity index (χ0n) is 9.32. The van der Waals surface area contributed by atoms with Crippen LogP contribution in [0.4, 0.5) is 0 Å². The third-order valence-electron chi connectivity index (χ3n) is 2.26. The molecule has 1 aliphatic heterocycles. The highest BCUT2D eigenvalue weighted by Gasteiger charge is 2.16. The van der Waals surface area contributed by atoms with Gasteiger partial charge in [-0.15, -0.1) is 0 Å². The fraction of sp³-hybridized carbons (Fsp3) is 0.583. The van der Waals surface area contributed by atoms with Gasteiger partial charge in [0.1, 0.15) is 6.61 Å². The molecule has 0 aromatic heterocycles. The maximum atomic E-state index is 11.2. The maximum Gasteiger partial charge on any atom is 0.226 e. The van der Waals surface area contributed by atoms with E-state index in [1.54, 1.807) is 17.4 Å². The highest BCUT2D eigenvalue weighted by molar-refractivity contribution is 5.79. The van der Waals surface area contributed by atoms with Crippen molar-refractivity contribution in [2.45, 2.75) is 32.6 Å². The molecule has 0 aromatic carbocycles. The van der Waals surface area contributed by atoms with Gasteiger partial charge in [-0.25, -0.2) is 0 Å². The summed E-state index contributed by atoms with van der Waals surface area (Å²) in [6.45, 7) is 3.55. The highest BCUT2D eigenvalue weighted by Crippen LogP contribution is 2.09. The van der Waals surface area contributed by atoms with Crippen molar-refractivity contribution in [3.63, 3.8) is 0 Å². The van der Waals surface area contributed by atoms with Crippen LogP contribution in [0.2, 0.25) is 0 Å². The summed E-state index contributed by atoms with van der Waals surface area (Å²) in [5.41, 5.74) is 0. The number of rotatable bonds is 6. The average molecular weight is 209 g/mol. The number of carbonyl (C=O) groups is 1. The van der Waals surface area contributed by atoms with Gasteiger partial charge < -0.3 is 9.64 Å². The largest absolute Gasteiger partial charge is 0.496 e. The predicted octanol–water partition coefficient (Wildman–Crippen LogP) is 2.45. The lowest BCUT2D eigenvalue weighted by molar-refractivity contribution is -0.125. The Morgan fingerprint density at radius 3 is 3.00 bits per heavy atom. The van der Waals surface area contributed by atoms with E-state index >= 15 is 0 Å². The summed E-state index contributed by atoms with van der Waals surface area (Å²) in [5.74, 6) is 0.191. The van der Waals surface area contributed by atoms with E-state index in [0.717, 1.165) is 25.8 Å². The summed E-state index contributed by atoms with van der Waals surface area (Å²) in [6.07, 6.45) is 11.3. The number of amides is 1. The molecule has 1 fully saturated rings. The SMILES string of the molecule is CCC/C=C\CO/C=C/N1CCCC1=O. The number of nitrogens with zero attached hydrogens (tertiary/aromatic N) is 1. The Bertz CT molecular complexity index is 246. The fourth-order valence-corrected chi connectivity index (χ4v) is 1.41. The molecule has 0 N–H and O–H groups in total. The van der Waals surface area contributed by atoms with Crippen molar-refractivity contribution in [3.8, 4) is 0 Å². The molecule has 3 heteroatoms. The van der Waals surface area contributed by atoms with Gasteiger partial charge in [-0.05, 0) is 12.8 Å². The topological polar surface area (TPSA) is 29.5 Å². The van der Waals surface area contributed by atoms with Gasteiger partial charge in [0.15, 0.2) is 0 Å². The molecule has 0 aromatic rings. The van der Waals surface area contributed by atoms with Crippen molar-refractivity contribution in [2.24, 2.45) is 0 Å². The lowest BCUT2D eigenvalue weighted by Gasteiger charge is -2.07. The van der Waals surface area contributed by atoms with Crippen molar-refractivity contribution in [2.75, 3.05) is 13.2 Å². The van der Waals surface area contributed by atoms with Crippen LogP contribution in [0.15, 0.2) is 24.6 Å². The molecule has 0 atom stereocenters. The fourth-order valence-electron chi connectivity index (χ4n) is 1.41. The molecular formula is C12H19NO2. The molecule has 1 amide bonds. The summed E-state index contributed by atoms with van der Waals surface area (Å²) in [4.78, 5) is 12.9. The standard InChI is InChI=1S/C12H19NO2/c1-2-3-4-5-10-15-11-9-13-8-6-7-12(13)14/h4-5,9,11H,2-3,6-8,10H2,1H3/b5-4-,11-9+. The van der Waals surface area contributed by atoms with Crippen molar-refractivity contribution >= 4 is 5.91 Å². The minimum Gasteiger partial charge on any atom is -0.496 e. The molecule has 15 heavy (non-hydrogen) atoms. The Morgan fingerprint density at radius 2 is 2.33 bits per heavy atom. The maximum absolute atomic E-state index is 11.2. The Morgan fingerprint density at radius 1 is 1.47 bits per heavy atom. The van der Waals surface area contributed by atoms with Crippen LogP contribution >= 0.6 is 0 Å². The summed E-state index contributed by atoms with van der Waals surface area (Å²) in [5, 5.41) is 0. The molecule has 1 saturated heterocycles. The highest BCUT2D eigenvalue weighted by atomic mass is 16.5. The summed E-state index contributed by atoms with van der Waals surface area (Å²) in [6, 6.07) is 0. The number of likely N-dealkylation sites (tertiary alicyclic amines) is 1. The summed E-state index contributed by atoms with van der Waals surface area (Å²) < 4.78 is 5.23. The van der Waals surface area contributed by atoms with Crippen LogP contribution in [0.1, 0.15) is 32.6 Å². The van der Waals surface area contributed by atoms with Gasteiger partial charge in [0.05, 0.1) is 6.26 Å². The van der Waals surface area contributed by atoms with Crippen LogP contribution < -0.4 is 0 Å². The third-order valence-corrected chi connectivity index (χ3v) is 2.26. The lowest BCUT2D eigenvalue weighted by Crippen LogP contribution is -2.17. The second-order valence-corrected chi connectivity index (χ2v) is 3.57. The average Bonchev–Trinajstić information content (AvgIpc) is 2.63. The number of hydrogen-bond acceptors (Lipinski definition) is 2. The van der Waals surface area contributed by atoms with Gasteiger partial charge >= 0.3 is 0 Å². The number of ether oxygens (including phenoxy) is 1. The number of allylic oxidation sites excluding steroid dienone is 1. The van der Waals surface area contributed by atoms with Gasteiger partial charge in [-0.3, -0.25) is 4.79 Å². The van der Waals surface area contributed by atoms with Crippen LogP contribution in [-0.2, 0) is 9.53 Å². The monoisotopic (exact) mass is 209 g/mol. The van der Waals surface area contributed by atoms with Gasteiger partial charge in [0.25, 0.3) is 0 Å². The molecule has 84 valence electrons. The van der Waals surface area contributed by atoms with Gasteiger partial charge in [0, 0.05) is 19.2 Å². The van der Waals surface area contributed by atoms with E-state index in [-0.39, 0.29) is 5.91 Å². The molecule has 1 rings (SSSR count). The smallest absolute Gasteiger partial charge is 0.226 e. The van der Waals surface area contributed by atoms with Crippen LogP contribution in [0.25, 0.3) is 0 Å². The summed E-state index contributed by atoms with van der Waals surface area (Å²) in [7, 11) is 0. The number of unbranched alkanes of at least 4 members (excludes halogenated alkanes) is 1. The molecule has 0 aliphatic carbocycles. The molecular weight excluding hydrogens is 190 g/mol. The Balaban J connectivity index is 2.08. The lowest BCUT2D eigenvalue weighted by atomic mass is 10.3. The van der Waals surface area contributed by atoms with Crippen LogP contribution in [0.5, 0.6) is 0 Å². The van der Waals surface area contributed by atoms with Gasteiger partial charge in [-0.1, -0.05) is 25.5 Å². The Kier molecular flexibility index (Phi) is 5.59. The van der Waals surface area contributed by atoms with Crippen molar-refractivity contribution in [1.82, 2.24) is 4.90 Å². The Hall–Kier alpha value is -1.25. The number of carbonyl (C=O) groups excluding carboxylic acids is 1. The molecule has 0 radical (unpaired) electrons. The predicted molar refractivity (Wildman–Crippen MR) is 60.1 cm³/mol. The molecule has 3 nitrogen and oxygen atoms in total. The van der Waals surface area contributed by atoms with E-state index in [1.165, 1.54) is 0 Å². The van der Waals surface area contributed by atoms with Gasteiger partial charge in [-0.2, -0.15) is 0 Å². The zero-order valence-corrected chi connectivity index (χ0v) is 9.32. The van der Waals surface area contributed by atoms with E-state index in [1.807, 2.05) is 6.08 Å². The molecule has 0 unspecified atom stereocenters. The molecule has 1 aliphatic rings. The first kappa shape index (κ1) is 11.8. The first-order chi connectivity index (χ1) is 7.34. The molecule has 1 heterocycles. The normalized spacial score (nSPS) is 17.1. The quantitative estimate of drug-likeness (QED) is 0.382. The number of hydrogen-bond donors (Lipinski definition) is 0. The minimum atomic E-state index is 0.191. The summed E-state index contributed by atoms with van der Waals surface area (Å²) >= 11 is 0. The first-order valence-electron chi connectivity index (χ1n) is 5.57. The molecule has 0 saturated carbocycles. The van der Waals surface area contributed by atoms with E-state index in [4.69, 9.17) is 4.74 Å². The molecule has 0 bridgehead atoms. The second kappa shape index (κ2) is 7.10. The van der Waals surface area contributed by atoms with E-state index < -0.39 is 0 Å². The second-order valence-electron chi connectivity index (χ2n) is 3.57. The van der Waals surface area contributed by atoms with Gasteiger partial charge in [0.2, 0.25) is 5.91 Å². The van der Waals surface area contributed by atoms with Crippen LogP contribution in [0, 0.1) is 0 Å². The van der Waals surface area contributed by atoms with Crippen molar-refractivity contribution < 1.29 is 9.53 Å². The van der Waals surface area contributed by atoms with E-state index in [0.29, 0.717) is 13.0 Å². The van der Waals surface area contributed by atoms with E-state index in [9.17, 15) is 4.79 Å². The van der Waals surface area contributed by atoms with Crippen molar-refractivity contribution in [3.05, 3.63) is 24.6 Å². The minimum absolute atomic E-state index is 0.191. The van der Waals surface area contributed by atoms with Crippen LogP contribution in [-0.4, -0.2) is 24.0 Å². The van der Waals surface area contributed by atoms with Crippen molar-refractivity contribution in [1.29, 1.82) is 0 Å². The first-order valence-corrected chi connectivity index (χ1v) is 5.57. The zero-order chi connectivity index (χ0) is 10.9. The molecule has 0 spiro atoms.